The summed E-state index contributed by atoms with van der Waals surface area (Å²) in [5, 5.41) is 10.5. The molecule has 0 aliphatic carbocycles. The number of furan rings is 1. The molecule has 112 valence electrons. The van der Waals surface area contributed by atoms with Gasteiger partial charge >= 0.3 is 5.69 Å². The fourth-order valence-electron chi connectivity index (χ4n) is 1.65. The quantitative estimate of drug-likeness (QED) is 0.647. The maximum absolute atomic E-state index is 13.4. The van der Waals surface area contributed by atoms with Gasteiger partial charge in [-0.3, -0.25) is 10.1 Å². The van der Waals surface area contributed by atoms with Crippen LogP contribution < -0.4 is 4.72 Å². The first-order valence-corrected chi connectivity index (χ1v) is 7.34. The lowest BCUT2D eigenvalue weighted by molar-refractivity contribution is -0.387. The van der Waals surface area contributed by atoms with Crippen molar-refractivity contribution in [2.45, 2.75) is 11.3 Å². The molecule has 0 aliphatic heterocycles. The molecule has 0 saturated heterocycles. The normalized spacial score (nSPS) is 11.5. The largest absolute Gasteiger partial charge is 0.469 e. The fourth-order valence-corrected chi connectivity index (χ4v) is 2.69. The van der Waals surface area contributed by atoms with E-state index in [1.54, 1.807) is 12.1 Å². The van der Waals surface area contributed by atoms with Crippen LogP contribution in [0.1, 0.15) is 5.76 Å². The first-order valence-electron chi connectivity index (χ1n) is 5.86. The van der Waals surface area contributed by atoms with Crippen LogP contribution in [0, 0.1) is 15.9 Å². The predicted octanol–water partition coefficient (Wildman–Crippen LogP) is 1.85. The van der Waals surface area contributed by atoms with Crippen molar-refractivity contribution in [3.63, 3.8) is 0 Å². The molecule has 0 amide bonds. The molecule has 7 nitrogen and oxygen atoms in total. The number of hydrogen-bond acceptors (Lipinski definition) is 5. The first-order chi connectivity index (χ1) is 9.90. The van der Waals surface area contributed by atoms with Crippen LogP contribution in [-0.2, 0) is 16.4 Å². The van der Waals surface area contributed by atoms with Gasteiger partial charge in [0.05, 0.1) is 16.1 Å². The topological polar surface area (TPSA) is 102 Å². The van der Waals surface area contributed by atoms with Gasteiger partial charge < -0.3 is 4.42 Å². The van der Waals surface area contributed by atoms with E-state index in [0.29, 0.717) is 18.2 Å². The number of sulfonamides is 1. The van der Waals surface area contributed by atoms with Crippen LogP contribution in [0.5, 0.6) is 0 Å². The van der Waals surface area contributed by atoms with Crippen LogP contribution >= 0.6 is 0 Å². The average molecular weight is 314 g/mol. The van der Waals surface area contributed by atoms with E-state index in [1.807, 2.05) is 0 Å². The summed E-state index contributed by atoms with van der Waals surface area (Å²) >= 11 is 0. The molecule has 0 radical (unpaired) electrons. The Balaban J connectivity index is 2.08. The fraction of sp³-hybridized carbons (Fsp3) is 0.167. The molecule has 2 rings (SSSR count). The molecule has 2 aromatic rings. The maximum Gasteiger partial charge on any atom is 0.304 e. The number of benzene rings is 1. The molecule has 0 spiro atoms. The number of nitrogens with zero attached hydrogens (tertiary/aromatic N) is 1. The molecule has 0 bridgehead atoms. The van der Waals surface area contributed by atoms with E-state index in [4.69, 9.17) is 4.42 Å². The molecule has 0 fully saturated rings. The summed E-state index contributed by atoms with van der Waals surface area (Å²) in [7, 11) is -3.93. The third kappa shape index (κ3) is 3.64. The number of nitro groups is 1. The highest BCUT2D eigenvalue weighted by Crippen LogP contribution is 2.20. The van der Waals surface area contributed by atoms with E-state index in [0.717, 1.165) is 12.1 Å². The molecule has 9 heteroatoms. The molecule has 0 aliphatic rings. The van der Waals surface area contributed by atoms with Crippen molar-refractivity contribution in [3.05, 3.63) is 58.3 Å². The lowest BCUT2D eigenvalue weighted by Gasteiger charge is -2.06. The Morgan fingerprint density at radius 3 is 2.67 bits per heavy atom. The summed E-state index contributed by atoms with van der Waals surface area (Å²) in [6.07, 6.45) is 1.80. The number of rotatable bonds is 6. The smallest absolute Gasteiger partial charge is 0.304 e. The first kappa shape index (κ1) is 15.1. The van der Waals surface area contributed by atoms with Gasteiger partial charge in [-0.15, -0.1) is 0 Å². The summed E-state index contributed by atoms with van der Waals surface area (Å²) in [6, 6.07) is 5.79. The van der Waals surface area contributed by atoms with E-state index in [-0.39, 0.29) is 11.4 Å². The van der Waals surface area contributed by atoms with Crippen LogP contribution in [0.25, 0.3) is 0 Å². The number of nitrogens with one attached hydrogen (secondary N) is 1. The average Bonchev–Trinajstić information content (AvgIpc) is 2.91. The Bertz CT molecular complexity index is 743. The minimum absolute atomic E-state index is 0.0639. The van der Waals surface area contributed by atoms with Crippen molar-refractivity contribution < 1.29 is 22.1 Å². The highest BCUT2D eigenvalue weighted by Gasteiger charge is 2.20. The van der Waals surface area contributed by atoms with E-state index in [9.17, 15) is 22.9 Å². The second-order valence-corrected chi connectivity index (χ2v) is 5.86. The molecule has 0 saturated carbocycles. The molecular formula is C12H11FN2O5S. The standard InChI is InChI=1S/C12H11FN2O5S/c13-11-8-10(3-4-12(11)15(16)17)21(18,19)14-6-5-9-2-1-7-20-9/h1-4,7-8,14H,5-6H2. The van der Waals surface area contributed by atoms with Gasteiger partial charge in [-0.2, -0.15) is 4.39 Å². The van der Waals surface area contributed by atoms with Crippen molar-refractivity contribution in [1.29, 1.82) is 0 Å². The Kier molecular flexibility index (Phi) is 4.34. The van der Waals surface area contributed by atoms with Gasteiger partial charge in [-0.1, -0.05) is 0 Å². The lowest BCUT2D eigenvalue weighted by atomic mass is 10.3. The monoisotopic (exact) mass is 314 g/mol. The minimum Gasteiger partial charge on any atom is -0.469 e. The summed E-state index contributed by atoms with van der Waals surface area (Å²) < 4.78 is 44.6. The molecular weight excluding hydrogens is 303 g/mol. The van der Waals surface area contributed by atoms with E-state index in [1.165, 1.54) is 6.26 Å². The highest BCUT2D eigenvalue weighted by atomic mass is 32.2. The van der Waals surface area contributed by atoms with Gasteiger partial charge in [0.1, 0.15) is 5.76 Å². The van der Waals surface area contributed by atoms with Crippen molar-refractivity contribution >= 4 is 15.7 Å². The Labute approximate surface area is 119 Å². The molecule has 1 aromatic heterocycles. The lowest BCUT2D eigenvalue weighted by Crippen LogP contribution is -2.26. The minimum atomic E-state index is -3.93. The van der Waals surface area contributed by atoms with Crippen LogP contribution in [-0.4, -0.2) is 19.9 Å². The highest BCUT2D eigenvalue weighted by molar-refractivity contribution is 7.89. The molecule has 1 aromatic carbocycles. The number of hydrogen-bond donors (Lipinski definition) is 1. The maximum atomic E-state index is 13.4. The summed E-state index contributed by atoms with van der Waals surface area (Å²) in [6.45, 7) is 0.0639. The van der Waals surface area contributed by atoms with Crippen LogP contribution in [0.3, 0.4) is 0 Å². The van der Waals surface area contributed by atoms with Gasteiger partial charge in [0.25, 0.3) is 0 Å². The molecule has 1 N–H and O–H groups in total. The van der Waals surface area contributed by atoms with Crippen molar-refractivity contribution in [2.75, 3.05) is 6.54 Å². The van der Waals surface area contributed by atoms with Gasteiger partial charge in [-0.05, 0) is 18.2 Å². The van der Waals surface area contributed by atoms with E-state index < -0.39 is 26.5 Å². The second kappa shape index (κ2) is 6.02. The molecule has 0 atom stereocenters. The number of nitro benzene ring substituents is 1. The zero-order chi connectivity index (χ0) is 15.5. The van der Waals surface area contributed by atoms with Gasteiger partial charge in [0.15, 0.2) is 0 Å². The van der Waals surface area contributed by atoms with E-state index in [2.05, 4.69) is 4.72 Å². The number of halogens is 1. The SMILES string of the molecule is O=[N+]([O-])c1ccc(S(=O)(=O)NCCc2ccco2)cc1F. The van der Waals surface area contributed by atoms with Crippen LogP contribution in [0.15, 0.2) is 45.9 Å². The third-order valence-electron chi connectivity index (χ3n) is 2.67. The Morgan fingerprint density at radius 2 is 2.10 bits per heavy atom. The van der Waals surface area contributed by atoms with Gasteiger partial charge in [0.2, 0.25) is 15.8 Å². The van der Waals surface area contributed by atoms with Gasteiger partial charge in [0, 0.05) is 25.1 Å². The Hall–Kier alpha value is -2.26. The van der Waals surface area contributed by atoms with Crippen molar-refractivity contribution in [1.82, 2.24) is 4.72 Å². The zero-order valence-corrected chi connectivity index (χ0v) is 11.5. The zero-order valence-electron chi connectivity index (χ0n) is 10.7. The van der Waals surface area contributed by atoms with Crippen molar-refractivity contribution in [2.24, 2.45) is 0 Å². The summed E-state index contributed by atoms with van der Waals surface area (Å²) in [5.74, 6) is -0.596. The van der Waals surface area contributed by atoms with Crippen molar-refractivity contribution in [3.8, 4) is 0 Å². The predicted molar refractivity (Wildman–Crippen MR) is 70.7 cm³/mol. The van der Waals surface area contributed by atoms with E-state index >= 15 is 0 Å². The van der Waals surface area contributed by atoms with Crippen LogP contribution in [0.4, 0.5) is 10.1 Å². The molecule has 0 unspecified atom stereocenters. The van der Waals surface area contributed by atoms with Crippen LogP contribution in [0.2, 0.25) is 0 Å². The summed E-state index contributed by atoms with van der Waals surface area (Å²) in [5.41, 5.74) is -0.774. The third-order valence-corrected chi connectivity index (χ3v) is 4.13. The Morgan fingerprint density at radius 1 is 1.33 bits per heavy atom. The molecule has 21 heavy (non-hydrogen) atoms. The van der Waals surface area contributed by atoms with Gasteiger partial charge in [-0.25, -0.2) is 13.1 Å². The second-order valence-electron chi connectivity index (χ2n) is 4.10. The molecule has 1 heterocycles. The summed E-state index contributed by atoms with van der Waals surface area (Å²) in [4.78, 5) is 9.19.